The monoisotopic (exact) mass is 440 g/mol. The van der Waals surface area contributed by atoms with Crippen molar-refractivity contribution in [3.05, 3.63) is 48.2 Å². The molecule has 32 heavy (non-hydrogen) atoms. The topological polar surface area (TPSA) is 110 Å². The quantitative estimate of drug-likeness (QED) is 0.653. The van der Waals surface area contributed by atoms with Crippen LogP contribution in [-0.4, -0.2) is 46.5 Å². The molecule has 1 aliphatic rings. The summed E-state index contributed by atoms with van der Waals surface area (Å²) in [7, 11) is 0. The van der Waals surface area contributed by atoms with Gasteiger partial charge in [0.05, 0.1) is 6.54 Å². The van der Waals surface area contributed by atoms with Gasteiger partial charge in [-0.3, -0.25) is 14.4 Å². The number of nitrogens with zero attached hydrogens (tertiary/aromatic N) is 2. The Morgan fingerprint density at radius 2 is 1.81 bits per heavy atom. The molecule has 0 radical (unpaired) electrons. The number of ether oxygens (including phenoxy) is 2. The van der Waals surface area contributed by atoms with E-state index in [1.165, 1.54) is 4.90 Å². The smallest absolute Gasteiger partial charge is 0.240 e. The summed E-state index contributed by atoms with van der Waals surface area (Å²) in [6.45, 7) is 5.85. The summed E-state index contributed by atoms with van der Waals surface area (Å²) in [6.07, 6.45) is 1.52. The van der Waals surface area contributed by atoms with Crippen molar-refractivity contribution >= 4 is 23.5 Å². The molecule has 2 aromatic rings. The first-order valence-electron chi connectivity index (χ1n) is 10.4. The normalized spacial score (nSPS) is 12.2. The minimum absolute atomic E-state index is 0.0199. The average Bonchev–Trinajstić information content (AvgIpc) is 3.19. The van der Waals surface area contributed by atoms with Crippen LogP contribution in [0.25, 0.3) is 0 Å². The number of anilines is 1. The molecule has 0 unspecified atom stereocenters. The summed E-state index contributed by atoms with van der Waals surface area (Å²) in [5.41, 5.74) is 0.372. The lowest BCUT2D eigenvalue weighted by atomic mass is 10.1. The van der Waals surface area contributed by atoms with Gasteiger partial charge in [-0.25, -0.2) is 4.98 Å². The molecule has 0 spiro atoms. The Morgan fingerprint density at radius 1 is 1.03 bits per heavy atom. The number of hydrogen-bond acceptors (Lipinski definition) is 6. The first kappa shape index (κ1) is 23.1. The molecule has 1 aromatic heterocycles. The highest BCUT2D eigenvalue weighted by Crippen LogP contribution is 2.32. The highest BCUT2D eigenvalue weighted by atomic mass is 16.7. The predicted octanol–water partition coefficient (Wildman–Crippen LogP) is 2.47. The number of aromatic nitrogens is 1. The second-order valence-corrected chi connectivity index (χ2v) is 8.50. The van der Waals surface area contributed by atoms with Gasteiger partial charge in [0.1, 0.15) is 5.82 Å². The molecule has 0 bridgehead atoms. The van der Waals surface area contributed by atoms with E-state index in [4.69, 9.17) is 9.47 Å². The summed E-state index contributed by atoms with van der Waals surface area (Å²) in [4.78, 5) is 43.1. The molecule has 0 atom stereocenters. The van der Waals surface area contributed by atoms with Crippen LogP contribution in [0.3, 0.4) is 0 Å². The van der Waals surface area contributed by atoms with Crippen LogP contribution < -0.4 is 20.1 Å². The molecule has 0 saturated carbocycles. The summed E-state index contributed by atoms with van der Waals surface area (Å²) >= 11 is 0. The fraction of sp³-hybridized carbons (Fsp3) is 0.391. The molecule has 3 rings (SSSR count). The summed E-state index contributed by atoms with van der Waals surface area (Å²) in [6, 6.07) is 10.6. The summed E-state index contributed by atoms with van der Waals surface area (Å²) in [5.74, 6) is 0.769. The first-order valence-corrected chi connectivity index (χ1v) is 10.4. The maximum Gasteiger partial charge on any atom is 0.240 e. The second-order valence-electron chi connectivity index (χ2n) is 8.50. The van der Waals surface area contributed by atoms with Crippen molar-refractivity contribution in [3.63, 3.8) is 0 Å². The standard InChI is InChI=1S/C23H28N4O5/c1-23(2,3)26-21(29)14-27(13-16-7-8-17-18(12-16)32-15-31-17)22(30)10-9-20(28)25-19-6-4-5-11-24-19/h4-8,11-12H,9-10,13-15H2,1-3H3,(H,26,29)(H,24,25,28). The number of hydrogen-bond donors (Lipinski definition) is 2. The van der Waals surface area contributed by atoms with E-state index in [1.807, 2.05) is 26.8 Å². The van der Waals surface area contributed by atoms with Gasteiger partial charge in [0.25, 0.3) is 0 Å². The van der Waals surface area contributed by atoms with Gasteiger partial charge in [-0.1, -0.05) is 12.1 Å². The number of carbonyl (C=O) groups excluding carboxylic acids is 3. The molecule has 9 nitrogen and oxygen atoms in total. The predicted molar refractivity (Wildman–Crippen MR) is 118 cm³/mol. The zero-order valence-electron chi connectivity index (χ0n) is 18.5. The van der Waals surface area contributed by atoms with Crippen LogP contribution in [0.1, 0.15) is 39.2 Å². The fourth-order valence-electron chi connectivity index (χ4n) is 3.14. The Labute approximate surface area is 187 Å². The highest BCUT2D eigenvalue weighted by Gasteiger charge is 2.22. The summed E-state index contributed by atoms with van der Waals surface area (Å²) in [5, 5.41) is 5.52. The van der Waals surface area contributed by atoms with E-state index in [1.54, 1.807) is 36.5 Å². The molecule has 9 heteroatoms. The lowest BCUT2D eigenvalue weighted by Crippen LogP contribution is -2.47. The van der Waals surface area contributed by atoms with Gasteiger partial charge in [-0.2, -0.15) is 0 Å². The van der Waals surface area contributed by atoms with Crippen molar-refractivity contribution in [2.75, 3.05) is 18.7 Å². The van der Waals surface area contributed by atoms with Crippen LogP contribution in [0, 0.1) is 0 Å². The van der Waals surface area contributed by atoms with E-state index < -0.39 is 5.54 Å². The van der Waals surface area contributed by atoms with Crippen LogP contribution in [-0.2, 0) is 20.9 Å². The van der Waals surface area contributed by atoms with E-state index in [2.05, 4.69) is 15.6 Å². The molecule has 0 saturated heterocycles. The van der Waals surface area contributed by atoms with Crippen molar-refractivity contribution in [2.45, 2.75) is 45.7 Å². The van der Waals surface area contributed by atoms with Crippen LogP contribution in [0.4, 0.5) is 5.82 Å². The number of rotatable bonds is 8. The van der Waals surface area contributed by atoms with Gasteiger partial charge in [-0.15, -0.1) is 0 Å². The second kappa shape index (κ2) is 10.1. The van der Waals surface area contributed by atoms with Gasteiger partial charge < -0.3 is 25.0 Å². The van der Waals surface area contributed by atoms with Crippen LogP contribution >= 0.6 is 0 Å². The zero-order valence-corrected chi connectivity index (χ0v) is 18.5. The number of carbonyl (C=O) groups is 3. The lowest BCUT2D eigenvalue weighted by Gasteiger charge is -2.26. The highest BCUT2D eigenvalue weighted by molar-refractivity contribution is 5.93. The Bertz CT molecular complexity index is 972. The molecule has 1 aromatic carbocycles. The van der Waals surface area contributed by atoms with E-state index in [0.29, 0.717) is 17.3 Å². The van der Waals surface area contributed by atoms with E-state index in [9.17, 15) is 14.4 Å². The molecule has 0 fully saturated rings. The van der Waals surface area contributed by atoms with Crippen molar-refractivity contribution in [1.82, 2.24) is 15.2 Å². The van der Waals surface area contributed by atoms with Gasteiger partial charge in [0.2, 0.25) is 24.5 Å². The number of nitrogens with one attached hydrogen (secondary N) is 2. The molecule has 0 aliphatic carbocycles. The maximum atomic E-state index is 12.9. The van der Waals surface area contributed by atoms with Gasteiger partial charge in [0, 0.05) is 31.1 Å². The van der Waals surface area contributed by atoms with Crippen molar-refractivity contribution in [2.24, 2.45) is 0 Å². The maximum absolute atomic E-state index is 12.9. The third-order valence-electron chi connectivity index (χ3n) is 4.51. The van der Waals surface area contributed by atoms with Crippen molar-refractivity contribution in [3.8, 4) is 11.5 Å². The van der Waals surface area contributed by atoms with Crippen LogP contribution in [0.15, 0.2) is 42.6 Å². The molecule has 2 N–H and O–H groups in total. The summed E-state index contributed by atoms with van der Waals surface area (Å²) < 4.78 is 10.7. The SMILES string of the molecule is CC(C)(C)NC(=O)CN(Cc1ccc2c(c1)OCO2)C(=O)CCC(=O)Nc1ccccn1. The number of amides is 3. The van der Waals surface area contributed by atoms with E-state index in [0.717, 1.165) is 5.56 Å². The molecule has 2 heterocycles. The Kier molecular flexibility index (Phi) is 7.29. The first-order chi connectivity index (χ1) is 15.2. The number of benzene rings is 1. The lowest BCUT2D eigenvalue weighted by molar-refractivity contribution is -0.137. The average molecular weight is 441 g/mol. The Balaban J connectivity index is 1.64. The third kappa shape index (κ3) is 6.97. The van der Waals surface area contributed by atoms with Gasteiger partial charge in [0.15, 0.2) is 11.5 Å². The molecule has 170 valence electrons. The van der Waals surface area contributed by atoms with E-state index >= 15 is 0 Å². The Hall–Kier alpha value is -3.62. The molecular formula is C23H28N4O5. The molecule has 1 aliphatic heterocycles. The molecular weight excluding hydrogens is 412 g/mol. The van der Waals surface area contributed by atoms with Crippen molar-refractivity contribution in [1.29, 1.82) is 0 Å². The minimum atomic E-state index is -0.423. The van der Waals surface area contributed by atoms with Crippen LogP contribution in [0.5, 0.6) is 11.5 Å². The number of pyridine rings is 1. The minimum Gasteiger partial charge on any atom is -0.454 e. The van der Waals surface area contributed by atoms with E-state index in [-0.39, 0.29) is 50.4 Å². The van der Waals surface area contributed by atoms with Gasteiger partial charge >= 0.3 is 0 Å². The van der Waals surface area contributed by atoms with Crippen LogP contribution in [0.2, 0.25) is 0 Å². The number of fused-ring (bicyclic) bond motifs is 1. The zero-order chi connectivity index (χ0) is 23.1. The van der Waals surface area contributed by atoms with Crippen molar-refractivity contribution < 1.29 is 23.9 Å². The van der Waals surface area contributed by atoms with Gasteiger partial charge in [-0.05, 0) is 50.6 Å². The molecule has 3 amide bonds. The Morgan fingerprint density at radius 3 is 2.53 bits per heavy atom. The fourth-order valence-corrected chi connectivity index (χ4v) is 3.14. The largest absolute Gasteiger partial charge is 0.454 e. The third-order valence-corrected chi connectivity index (χ3v) is 4.51.